The van der Waals surface area contributed by atoms with Gasteiger partial charge >= 0.3 is 12.1 Å². The Balaban J connectivity index is 2.72. The molecule has 1 saturated carbocycles. The maximum Gasteiger partial charge on any atom is 0.511 e. The van der Waals surface area contributed by atoms with E-state index in [0.717, 1.165) is 17.5 Å². The van der Waals surface area contributed by atoms with Gasteiger partial charge in [-0.3, -0.25) is 9.10 Å². The first-order valence-corrected chi connectivity index (χ1v) is 9.09. The van der Waals surface area contributed by atoms with Crippen molar-refractivity contribution in [2.75, 3.05) is 12.9 Å². The van der Waals surface area contributed by atoms with Crippen molar-refractivity contribution < 1.29 is 37.7 Å². The van der Waals surface area contributed by atoms with E-state index in [1.165, 1.54) is 6.92 Å². The molecule has 1 atom stereocenters. The smallest absolute Gasteiger partial charge is 0.449 e. The van der Waals surface area contributed by atoms with Crippen LogP contribution < -0.4 is 0 Å². The molecule has 2 aliphatic rings. The number of ether oxygens (including phenoxy) is 2. The largest absolute Gasteiger partial charge is 0.511 e. The molecule has 24 heavy (non-hydrogen) atoms. The SMILES string of the molecule is CC(=O)OC1=C(OC(=O)O)C(CO)=C(C2CC2)N(S(C)(=O)=O)C1C. The summed E-state index contributed by atoms with van der Waals surface area (Å²) in [4.78, 5) is 22.4. The van der Waals surface area contributed by atoms with Gasteiger partial charge in [0.15, 0.2) is 11.5 Å². The van der Waals surface area contributed by atoms with Gasteiger partial charge in [-0.1, -0.05) is 0 Å². The zero-order valence-corrected chi connectivity index (χ0v) is 14.3. The maximum atomic E-state index is 12.3. The van der Waals surface area contributed by atoms with Crippen LogP contribution in [0.25, 0.3) is 0 Å². The van der Waals surface area contributed by atoms with E-state index in [9.17, 15) is 23.1 Å². The molecular formula is C14H19NO8S. The highest BCUT2D eigenvalue weighted by Gasteiger charge is 2.45. The van der Waals surface area contributed by atoms with E-state index in [0.29, 0.717) is 18.5 Å². The lowest BCUT2D eigenvalue weighted by atomic mass is 10.0. The van der Waals surface area contributed by atoms with E-state index < -0.39 is 34.8 Å². The summed E-state index contributed by atoms with van der Waals surface area (Å²) >= 11 is 0. The molecule has 0 aromatic heterocycles. The van der Waals surface area contributed by atoms with Crippen LogP contribution in [0, 0.1) is 5.92 Å². The lowest BCUT2D eigenvalue weighted by Crippen LogP contribution is -2.44. The zero-order chi connectivity index (χ0) is 18.2. The third kappa shape index (κ3) is 3.54. The van der Waals surface area contributed by atoms with Crippen molar-refractivity contribution in [2.24, 2.45) is 5.92 Å². The fraction of sp³-hybridized carbons (Fsp3) is 0.571. The minimum absolute atomic E-state index is 0.000301. The van der Waals surface area contributed by atoms with E-state index in [-0.39, 0.29) is 23.0 Å². The number of sulfonamides is 1. The number of hydrogen-bond acceptors (Lipinski definition) is 7. The number of carboxylic acid groups (broad SMARTS) is 1. The summed E-state index contributed by atoms with van der Waals surface area (Å²) in [5.74, 6) is -1.47. The Hall–Kier alpha value is -2.07. The highest BCUT2D eigenvalue weighted by Crippen LogP contribution is 2.46. The first-order chi connectivity index (χ1) is 11.1. The van der Waals surface area contributed by atoms with E-state index in [1.807, 2.05) is 0 Å². The molecule has 0 radical (unpaired) electrons. The van der Waals surface area contributed by atoms with Gasteiger partial charge in [-0.25, -0.2) is 13.2 Å². The van der Waals surface area contributed by atoms with Crippen LogP contribution in [-0.4, -0.2) is 54.0 Å². The van der Waals surface area contributed by atoms with Crippen molar-refractivity contribution in [2.45, 2.75) is 32.7 Å². The second-order valence-electron chi connectivity index (χ2n) is 5.69. The van der Waals surface area contributed by atoms with Gasteiger partial charge in [-0.05, 0) is 19.8 Å². The van der Waals surface area contributed by atoms with Gasteiger partial charge in [0.2, 0.25) is 10.0 Å². The van der Waals surface area contributed by atoms with Crippen molar-refractivity contribution in [3.8, 4) is 0 Å². The molecule has 2 rings (SSSR count). The predicted octanol–water partition coefficient (Wildman–Crippen LogP) is 0.776. The molecule has 1 aliphatic carbocycles. The first-order valence-electron chi connectivity index (χ1n) is 7.25. The molecule has 0 saturated heterocycles. The predicted molar refractivity (Wildman–Crippen MR) is 80.9 cm³/mol. The lowest BCUT2D eigenvalue weighted by molar-refractivity contribution is -0.138. The Morgan fingerprint density at radius 2 is 1.88 bits per heavy atom. The molecule has 2 N–H and O–H groups in total. The van der Waals surface area contributed by atoms with Crippen LogP contribution in [0.5, 0.6) is 0 Å². The summed E-state index contributed by atoms with van der Waals surface area (Å²) < 4.78 is 35.3. The van der Waals surface area contributed by atoms with Crippen molar-refractivity contribution >= 4 is 22.1 Å². The monoisotopic (exact) mass is 361 g/mol. The number of esters is 1. The van der Waals surface area contributed by atoms with Gasteiger partial charge in [-0.2, -0.15) is 0 Å². The van der Waals surface area contributed by atoms with Gasteiger partial charge in [0.05, 0.1) is 12.9 Å². The number of allylic oxidation sites excluding steroid dienone is 1. The first kappa shape index (κ1) is 18.3. The summed E-state index contributed by atoms with van der Waals surface area (Å²) in [6.45, 7) is 1.90. The minimum Gasteiger partial charge on any atom is -0.449 e. The molecule has 1 unspecified atom stereocenters. The van der Waals surface area contributed by atoms with Crippen LogP contribution >= 0.6 is 0 Å². The Kier molecular flexibility index (Phi) is 4.90. The Morgan fingerprint density at radius 1 is 1.29 bits per heavy atom. The molecule has 1 fully saturated rings. The average Bonchev–Trinajstić information content (AvgIpc) is 3.24. The van der Waals surface area contributed by atoms with Gasteiger partial charge in [0.1, 0.15) is 6.04 Å². The maximum absolute atomic E-state index is 12.3. The van der Waals surface area contributed by atoms with Gasteiger partial charge in [0, 0.05) is 24.1 Å². The molecule has 9 nitrogen and oxygen atoms in total. The summed E-state index contributed by atoms with van der Waals surface area (Å²) in [5.41, 5.74) is 0.291. The third-order valence-electron chi connectivity index (χ3n) is 3.70. The topological polar surface area (TPSA) is 130 Å². The Bertz CT molecular complexity index is 732. The number of carbonyl (C=O) groups excluding carboxylic acids is 1. The number of hydrogen-bond donors (Lipinski definition) is 2. The van der Waals surface area contributed by atoms with Gasteiger partial charge in [-0.15, -0.1) is 0 Å². The fourth-order valence-electron chi connectivity index (χ4n) is 2.79. The molecule has 134 valence electrons. The highest BCUT2D eigenvalue weighted by atomic mass is 32.2. The summed E-state index contributed by atoms with van der Waals surface area (Å²) in [6, 6.07) is -0.982. The second-order valence-corrected chi connectivity index (χ2v) is 7.55. The normalized spacial score (nSPS) is 21.8. The molecule has 1 heterocycles. The van der Waals surface area contributed by atoms with Crippen LogP contribution in [-0.2, 0) is 24.3 Å². The van der Waals surface area contributed by atoms with Crippen molar-refractivity contribution in [3.63, 3.8) is 0 Å². The summed E-state index contributed by atoms with van der Waals surface area (Å²) in [6.07, 6.45) is 0.757. The highest BCUT2D eigenvalue weighted by molar-refractivity contribution is 7.88. The van der Waals surface area contributed by atoms with E-state index in [1.54, 1.807) is 0 Å². The van der Waals surface area contributed by atoms with Crippen LogP contribution in [0.1, 0.15) is 26.7 Å². The molecule has 10 heteroatoms. The number of aliphatic hydroxyl groups is 1. The van der Waals surface area contributed by atoms with E-state index in [4.69, 9.17) is 14.6 Å². The average molecular weight is 361 g/mol. The van der Waals surface area contributed by atoms with Crippen molar-refractivity contribution in [1.29, 1.82) is 0 Å². The van der Waals surface area contributed by atoms with Crippen LogP contribution in [0.2, 0.25) is 0 Å². The van der Waals surface area contributed by atoms with Crippen LogP contribution in [0.4, 0.5) is 4.79 Å². The molecule has 0 spiro atoms. The summed E-state index contributed by atoms with van der Waals surface area (Å²) in [5, 5.41) is 18.7. The second kappa shape index (κ2) is 6.44. The number of nitrogens with zero attached hydrogens (tertiary/aromatic N) is 1. The molecule has 0 amide bonds. The number of aliphatic hydroxyl groups excluding tert-OH is 1. The number of rotatable bonds is 5. The third-order valence-corrected chi connectivity index (χ3v) is 4.93. The molecular weight excluding hydrogens is 342 g/mol. The molecule has 0 aromatic carbocycles. The van der Waals surface area contributed by atoms with Gasteiger partial charge in [0.25, 0.3) is 0 Å². The van der Waals surface area contributed by atoms with E-state index >= 15 is 0 Å². The van der Waals surface area contributed by atoms with Crippen LogP contribution in [0.3, 0.4) is 0 Å². The summed E-state index contributed by atoms with van der Waals surface area (Å²) in [7, 11) is -3.76. The standard InChI is InChI=1S/C14H19NO8S/c1-7-12(22-8(2)17)13(23-14(18)19)10(6-16)11(9-4-5-9)15(7)24(3,20)21/h7,9,16H,4-6H2,1-3H3,(H,18,19). The quantitative estimate of drug-likeness (QED) is 0.687. The Morgan fingerprint density at radius 3 is 2.25 bits per heavy atom. The molecule has 1 aliphatic heterocycles. The lowest BCUT2D eigenvalue weighted by Gasteiger charge is -2.38. The molecule has 0 aromatic rings. The van der Waals surface area contributed by atoms with E-state index in [2.05, 4.69) is 0 Å². The number of carbonyl (C=O) groups is 2. The Labute approximate surface area is 139 Å². The zero-order valence-electron chi connectivity index (χ0n) is 13.5. The van der Waals surface area contributed by atoms with Gasteiger partial charge < -0.3 is 19.7 Å². The fourth-order valence-corrected chi connectivity index (χ4v) is 4.08. The van der Waals surface area contributed by atoms with Crippen LogP contribution in [0.15, 0.2) is 22.8 Å². The van der Waals surface area contributed by atoms with Crippen molar-refractivity contribution in [1.82, 2.24) is 4.31 Å². The molecule has 0 bridgehead atoms. The van der Waals surface area contributed by atoms with Crippen molar-refractivity contribution in [3.05, 3.63) is 22.8 Å². The minimum atomic E-state index is -3.76.